The maximum absolute atomic E-state index is 4.83. The normalized spacial score (nSPS) is 16.4. The number of aromatic nitrogens is 2. The van der Waals surface area contributed by atoms with Gasteiger partial charge < -0.3 is 20.4 Å². The number of likely N-dealkylation sites (N-methyl/N-ethyl adjacent to an activating group) is 1. The molecule has 1 fully saturated rings. The van der Waals surface area contributed by atoms with Gasteiger partial charge in [0.05, 0.1) is 5.69 Å². The number of halogens is 1. The molecule has 0 saturated carbocycles. The summed E-state index contributed by atoms with van der Waals surface area (Å²) in [5.74, 6) is 1.47. The summed E-state index contributed by atoms with van der Waals surface area (Å²) in [4.78, 5) is 9.94. The van der Waals surface area contributed by atoms with Gasteiger partial charge in [0.1, 0.15) is 0 Å². The highest BCUT2D eigenvalue weighted by atomic mass is 127. The van der Waals surface area contributed by atoms with Crippen LogP contribution in [0.5, 0.6) is 0 Å². The monoisotopic (exact) mass is 553 g/mol. The SMILES string of the molecule is CCNC(=NCC(C)CN1CCN(CC)CC1)NCCc1ccc(-n2cccn2)cc1.I. The van der Waals surface area contributed by atoms with Crippen molar-refractivity contribution in [1.82, 2.24) is 30.2 Å². The van der Waals surface area contributed by atoms with Gasteiger partial charge in [-0.3, -0.25) is 4.99 Å². The zero-order valence-electron chi connectivity index (χ0n) is 19.8. The molecule has 2 N–H and O–H groups in total. The van der Waals surface area contributed by atoms with Crippen molar-refractivity contribution in [3.8, 4) is 5.69 Å². The van der Waals surface area contributed by atoms with Crippen molar-refractivity contribution >= 4 is 29.9 Å². The number of piperazine rings is 1. The standard InChI is InChI=1S/C24H39N7.HI/c1-4-25-24(27-19-21(3)20-30-17-15-29(5-2)16-18-30)26-13-11-22-7-9-23(10-8-22)31-14-6-12-28-31;/h6-10,12,14,21H,4-5,11,13,15-20H2,1-3H3,(H2,25,26,27);1H. The minimum absolute atomic E-state index is 0. The molecule has 1 aromatic heterocycles. The Labute approximate surface area is 210 Å². The van der Waals surface area contributed by atoms with E-state index in [1.165, 1.54) is 38.3 Å². The second-order valence-electron chi connectivity index (χ2n) is 8.35. The Hall–Kier alpha value is -1.65. The molecule has 1 aliphatic rings. The molecule has 1 unspecified atom stereocenters. The van der Waals surface area contributed by atoms with Crippen LogP contribution < -0.4 is 10.6 Å². The lowest BCUT2D eigenvalue weighted by Gasteiger charge is -2.35. The quantitative estimate of drug-likeness (QED) is 0.269. The largest absolute Gasteiger partial charge is 0.357 e. The highest BCUT2D eigenvalue weighted by Gasteiger charge is 2.17. The maximum atomic E-state index is 4.83. The first-order valence-corrected chi connectivity index (χ1v) is 11.7. The Kier molecular flexibility index (Phi) is 12.0. The van der Waals surface area contributed by atoms with Gasteiger partial charge in [-0.2, -0.15) is 5.10 Å². The van der Waals surface area contributed by atoms with E-state index in [1.54, 1.807) is 6.20 Å². The van der Waals surface area contributed by atoms with E-state index < -0.39 is 0 Å². The Bertz CT molecular complexity index is 768. The minimum Gasteiger partial charge on any atom is -0.357 e. The van der Waals surface area contributed by atoms with Crippen LogP contribution in [-0.2, 0) is 6.42 Å². The zero-order valence-corrected chi connectivity index (χ0v) is 22.2. The molecule has 8 heteroatoms. The number of hydrogen-bond donors (Lipinski definition) is 2. The van der Waals surface area contributed by atoms with E-state index in [-0.39, 0.29) is 24.0 Å². The lowest BCUT2D eigenvalue weighted by molar-refractivity contribution is 0.125. The molecular formula is C24H40IN7. The molecule has 32 heavy (non-hydrogen) atoms. The molecule has 1 aliphatic heterocycles. The molecule has 0 amide bonds. The molecule has 0 aliphatic carbocycles. The molecule has 7 nitrogen and oxygen atoms in total. The van der Waals surface area contributed by atoms with Gasteiger partial charge in [-0.05, 0) is 49.6 Å². The fraction of sp³-hybridized carbons (Fsp3) is 0.583. The Morgan fingerprint density at radius 3 is 2.41 bits per heavy atom. The maximum Gasteiger partial charge on any atom is 0.191 e. The van der Waals surface area contributed by atoms with E-state index in [4.69, 9.17) is 4.99 Å². The number of guanidine groups is 1. The van der Waals surface area contributed by atoms with Crippen molar-refractivity contribution in [3.63, 3.8) is 0 Å². The second kappa shape index (κ2) is 14.5. The third-order valence-electron chi connectivity index (χ3n) is 5.80. The summed E-state index contributed by atoms with van der Waals surface area (Å²) in [6.07, 6.45) is 4.72. The van der Waals surface area contributed by atoms with Crippen molar-refractivity contribution in [2.45, 2.75) is 27.2 Å². The molecule has 2 aromatic rings. The minimum atomic E-state index is 0. The van der Waals surface area contributed by atoms with Crippen LogP contribution in [0.3, 0.4) is 0 Å². The van der Waals surface area contributed by atoms with E-state index >= 15 is 0 Å². The smallest absolute Gasteiger partial charge is 0.191 e. The molecule has 1 saturated heterocycles. The first-order valence-electron chi connectivity index (χ1n) is 11.7. The predicted octanol–water partition coefficient (Wildman–Crippen LogP) is 2.86. The average molecular weight is 554 g/mol. The lowest BCUT2D eigenvalue weighted by Crippen LogP contribution is -2.47. The Morgan fingerprint density at radius 2 is 1.78 bits per heavy atom. The summed E-state index contributed by atoms with van der Waals surface area (Å²) < 4.78 is 1.88. The summed E-state index contributed by atoms with van der Waals surface area (Å²) in [7, 11) is 0. The first kappa shape index (κ1) is 26.6. The van der Waals surface area contributed by atoms with Gasteiger partial charge in [0, 0.05) is 64.8 Å². The van der Waals surface area contributed by atoms with Gasteiger partial charge in [-0.15, -0.1) is 24.0 Å². The molecule has 0 radical (unpaired) electrons. The second-order valence-corrected chi connectivity index (χ2v) is 8.35. The van der Waals surface area contributed by atoms with Crippen molar-refractivity contribution < 1.29 is 0 Å². The van der Waals surface area contributed by atoms with E-state index in [9.17, 15) is 0 Å². The van der Waals surface area contributed by atoms with Gasteiger partial charge in [0.25, 0.3) is 0 Å². The summed E-state index contributed by atoms with van der Waals surface area (Å²) in [5, 5.41) is 11.1. The number of nitrogens with one attached hydrogen (secondary N) is 2. The summed E-state index contributed by atoms with van der Waals surface area (Å²) in [5.41, 5.74) is 2.39. The van der Waals surface area contributed by atoms with Crippen LogP contribution in [-0.4, -0.2) is 84.4 Å². The van der Waals surface area contributed by atoms with E-state index in [0.29, 0.717) is 5.92 Å². The van der Waals surface area contributed by atoms with E-state index in [2.05, 4.69) is 70.6 Å². The molecule has 1 atom stereocenters. The molecule has 0 spiro atoms. The third-order valence-corrected chi connectivity index (χ3v) is 5.80. The molecule has 0 bridgehead atoms. The summed E-state index contributed by atoms with van der Waals surface area (Å²) in [6.45, 7) is 16.3. The van der Waals surface area contributed by atoms with Crippen LogP contribution in [0.2, 0.25) is 0 Å². The highest BCUT2D eigenvalue weighted by Crippen LogP contribution is 2.09. The van der Waals surface area contributed by atoms with Gasteiger partial charge >= 0.3 is 0 Å². The molecule has 178 valence electrons. The van der Waals surface area contributed by atoms with Gasteiger partial charge in [0.2, 0.25) is 0 Å². The van der Waals surface area contributed by atoms with Crippen molar-refractivity contribution in [1.29, 1.82) is 0 Å². The third kappa shape index (κ3) is 8.71. The number of rotatable bonds is 10. The molecule has 2 heterocycles. The van der Waals surface area contributed by atoms with Crippen LogP contribution in [0.4, 0.5) is 0 Å². The van der Waals surface area contributed by atoms with Crippen LogP contribution in [0, 0.1) is 5.92 Å². The Morgan fingerprint density at radius 1 is 1.06 bits per heavy atom. The van der Waals surface area contributed by atoms with Crippen molar-refractivity contribution in [2.24, 2.45) is 10.9 Å². The van der Waals surface area contributed by atoms with Crippen molar-refractivity contribution in [2.75, 3.05) is 58.9 Å². The summed E-state index contributed by atoms with van der Waals surface area (Å²) in [6, 6.07) is 10.5. The first-order chi connectivity index (χ1) is 15.2. The molecule has 3 rings (SSSR count). The van der Waals surface area contributed by atoms with Crippen LogP contribution in [0.15, 0.2) is 47.7 Å². The average Bonchev–Trinajstić information content (AvgIpc) is 3.33. The number of benzene rings is 1. The van der Waals surface area contributed by atoms with Crippen LogP contribution in [0.1, 0.15) is 26.3 Å². The highest BCUT2D eigenvalue weighted by molar-refractivity contribution is 14.0. The fourth-order valence-corrected chi connectivity index (χ4v) is 3.94. The van der Waals surface area contributed by atoms with Gasteiger partial charge in [-0.25, -0.2) is 4.68 Å². The van der Waals surface area contributed by atoms with Gasteiger partial charge in [0.15, 0.2) is 5.96 Å². The lowest BCUT2D eigenvalue weighted by atomic mass is 10.1. The fourth-order valence-electron chi connectivity index (χ4n) is 3.94. The summed E-state index contributed by atoms with van der Waals surface area (Å²) >= 11 is 0. The predicted molar refractivity (Wildman–Crippen MR) is 144 cm³/mol. The molecular weight excluding hydrogens is 513 g/mol. The zero-order chi connectivity index (χ0) is 21.9. The number of hydrogen-bond acceptors (Lipinski definition) is 4. The molecule has 1 aromatic carbocycles. The number of nitrogens with zero attached hydrogens (tertiary/aromatic N) is 5. The Balaban J connectivity index is 0.00000363. The van der Waals surface area contributed by atoms with Crippen LogP contribution in [0.25, 0.3) is 5.69 Å². The van der Waals surface area contributed by atoms with Gasteiger partial charge in [-0.1, -0.05) is 26.0 Å². The van der Waals surface area contributed by atoms with E-state index in [1.807, 2.05) is 16.9 Å². The van der Waals surface area contributed by atoms with Crippen molar-refractivity contribution in [3.05, 3.63) is 48.3 Å². The van der Waals surface area contributed by atoms with E-state index in [0.717, 1.165) is 44.2 Å². The van der Waals surface area contributed by atoms with Crippen LogP contribution >= 0.6 is 24.0 Å². The number of aliphatic imine (C=N–C) groups is 1. The topological polar surface area (TPSA) is 60.7 Å².